The van der Waals surface area contributed by atoms with Crippen LogP contribution >= 0.6 is 0 Å². The highest BCUT2D eigenvalue weighted by atomic mass is 16.6. The summed E-state index contributed by atoms with van der Waals surface area (Å²) < 4.78 is 9.95. The first kappa shape index (κ1) is 12.3. The third-order valence-corrected chi connectivity index (χ3v) is 2.61. The molecule has 0 saturated carbocycles. The van der Waals surface area contributed by atoms with E-state index in [2.05, 4.69) is 14.7 Å². The van der Waals surface area contributed by atoms with Crippen molar-refractivity contribution < 1.29 is 14.3 Å². The number of morpholine rings is 1. The fraction of sp³-hybridized carbons (Fsp3) is 0.455. The van der Waals surface area contributed by atoms with E-state index < -0.39 is 12.1 Å². The van der Waals surface area contributed by atoms with Gasteiger partial charge in [-0.15, -0.1) is 0 Å². The Balaban J connectivity index is 2.08. The average Bonchev–Trinajstić information content (AvgIpc) is 2.46. The lowest BCUT2D eigenvalue weighted by Gasteiger charge is -2.31. The summed E-state index contributed by atoms with van der Waals surface area (Å²) in [7, 11) is 1.33. The van der Waals surface area contributed by atoms with Crippen LogP contribution in [0.4, 0.5) is 5.82 Å². The molecule has 1 aliphatic heterocycles. The predicted octanol–water partition coefficient (Wildman–Crippen LogP) is -0.274. The Labute approximate surface area is 104 Å². The van der Waals surface area contributed by atoms with Crippen molar-refractivity contribution in [2.24, 2.45) is 0 Å². The molecule has 1 unspecified atom stereocenters. The van der Waals surface area contributed by atoms with Gasteiger partial charge in [-0.2, -0.15) is 5.26 Å². The number of hydrogen-bond acceptors (Lipinski definition) is 7. The van der Waals surface area contributed by atoms with Crippen molar-refractivity contribution in [2.75, 3.05) is 31.7 Å². The number of rotatable bonds is 2. The SMILES string of the molecule is COC(=O)C1CN(c2cnc(C#N)cn2)CCO1. The van der Waals surface area contributed by atoms with Gasteiger partial charge in [0.25, 0.3) is 0 Å². The van der Waals surface area contributed by atoms with Gasteiger partial charge in [0.1, 0.15) is 11.9 Å². The lowest BCUT2D eigenvalue weighted by atomic mass is 10.2. The highest BCUT2D eigenvalue weighted by Gasteiger charge is 2.28. The van der Waals surface area contributed by atoms with Crippen LogP contribution in [0.3, 0.4) is 0 Å². The zero-order valence-corrected chi connectivity index (χ0v) is 9.87. The second-order valence-electron chi connectivity index (χ2n) is 3.70. The van der Waals surface area contributed by atoms with E-state index in [1.165, 1.54) is 19.5 Å². The molecule has 1 atom stereocenters. The van der Waals surface area contributed by atoms with Crippen molar-refractivity contribution in [1.29, 1.82) is 5.26 Å². The van der Waals surface area contributed by atoms with Crippen LogP contribution in [0, 0.1) is 11.3 Å². The molecule has 0 N–H and O–H groups in total. The molecule has 0 aliphatic carbocycles. The largest absolute Gasteiger partial charge is 0.467 e. The fourth-order valence-corrected chi connectivity index (χ4v) is 1.67. The van der Waals surface area contributed by atoms with Crippen molar-refractivity contribution in [2.45, 2.75) is 6.10 Å². The summed E-state index contributed by atoms with van der Waals surface area (Å²) in [6.07, 6.45) is 2.30. The molecule has 7 heteroatoms. The van der Waals surface area contributed by atoms with E-state index in [1.807, 2.05) is 11.0 Å². The topological polar surface area (TPSA) is 88.3 Å². The number of methoxy groups -OCH3 is 1. The highest BCUT2D eigenvalue weighted by molar-refractivity contribution is 5.75. The summed E-state index contributed by atoms with van der Waals surface area (Å²) >= 11 is 0. The first-order chi connectivity index (χ1) is 8.74. The van der Waals surface area contributed by atoms with E-state index in [4.69, 9.17) is 10.00 Å². The molecule has 1 fully saturated rings. The van der Waals surface area contributed by atoms with Crippen molar-refractivity contribution in [3.05, 3.63) is 18.1 Å². The molecule has 18 heavy (non-hydrogen) atoms. The maximum atomic E-state index is 11.4. The Kier molecular flexibility index (Phi) is 3.69. The minimum Gasteiger partial charge on any atom is -0.467 e. The molecule has 7 nitrogen and oxygen atoms in total. The van der Waals surface area contributed by atoms with Crippen molar-refractivity contribution in [1.82, 2.24) is 9.97 Å². The van der Waals surface area contributed by atoms with E-state index in [0.29, 0.717) is 25.5 Å². The van der Waals surface area contributed by atoms with Gasteiger partial charge in [0.05, 0.1) is 32.7 Å². The van der Waals surface area contributed by atoms with E-state index in [9.17, 15) is 4.79 Å². The number of ether oxygens (including phenoxy) is 2. The standard InChI is InChI=1S/C11H12N4O3/c1-17-11(16)9-7-15(2-3-18-9)10-6-13-8(4-12)5-14-10/h5-6,9H,2-3,7H2,1H3. The normalized spacial score (nSPS) is 19.1. The minimum absolute atomic E-state index is 0.261. The van der Waals surface area contributed by atoms with Crippen molar-refractivity contribution in [3.63, 3.8) is 0 Å². The van der Waals surface area contributed by atoms with E-state index in [0.717, 1.165) is 0 Å². The molecule has 0 aromatic carbocycles. The zero-order valence-electron chi connectivity index (χ0n) is 9.87. The number of carbonyl (C=O) groups is 1. The van der Waals surface area contributed by atoms with Crippen LogP contribution < -0.4 is 4.90 Å². The first-order valence-electron chi connectivity index (χ1n) is 5.41. The Morgan fingerprint density at radius 1 is 1.61 bits per heavy atom. The van der Waals surface area contributed by atoms with Crippen LogP contribution in [0.25, 0.3) is 0 Å². The lowest BCUT2D eigenvalue weighted by molar-refractivity contribution is -0.154. The van der Waals surface area contributed by atoms with Gasteiger partial charge in [0.15, 0.2) is 11.8 Å². The summed E-state index contributed by atoms with van der Waals surface area (Å²) in [4.78, 5) is 21.3. The molecule has 0 amide bonds. The van der Waals surface area contributed by atoms with E-state index >= 15 is 0 Å². The van der Waals surface area contributed by atoms with Gasteiger partial charge in [-0.25, -0.2) is 14.8 Å². The monoisotopic (exact) mass is 248 g/mol. The molecule has 0 bridgehead atoms. The average molecular weight is 248 g/mol. The summed E-state index contributed by atoms with van der Waals surface area (Å²) in [6.45, 7) is 1.41. The molecule has 1 aromatic rings. The number of nitrogens with zero attached hydrogens (tertiary/aromatic N) is 4. The third kappa shape index (κ3) is 2.55. The molecule has 2 heterocycles. The van der Waals surface area contributed by atoms with E-state index in [-0.39, 0.29) is 5.69 Å². The molecular formula is C11H12N4O3. The summed E-state index contributed by atoms with van der Waals surface area (Å²) in [5.41, 5.74) is 0.261. The maximum absolute atomic E-state index is 11.4. The molecule has 1 aliphatic rings. The van der Waals surface area contributed by atoms with Gasteiger partial charge >= 0.3 is 5.97 Å². The summed E-state index contributed by atoms with van der Waals surface area (Å²) in [5, 5.41) is 8.64. The smallest absolute Gasteiger partial charge is 0.336 e. The molecule has 1 saturated heterocycles. The number of nitriles is 1. The van der Waals surface area contributed by atoms with Crippen LogP contribution in [-0.2, 0) is 14.3 Å². The molecule has 94 valence electrons. The van der Waals surface area contributed by atoms with Crippen LogP contribution in [-0.4, -0.2) is 48.8 Å². The van der Waals surface area contributed by atoms with Crippen molar-refractivity contribution >= 4 is 11.8 Å². The Morgan fingerprint density at radius 2 is 2.44 bits per heavy atom. The zero-order chi connectivity index (χ0) is 13.0. The van der Waals surface area contributed by atoms with Gasteiger partial charge < -0.3 is 14.4 Å². The molecular weight excluding hydrogens is 236 g/mol. The number of esters is 1. The van der Waals surface area contributed by atoms with Crippen LogP contribution in [0.2, 0.25) is 0 Å². The van der Waals surface area contributed by atoms with Crippen LogP contribution in [0.15, 0.2) is 12.4 Å². The second-order valence-corrected chi connectivity index (χ2v) is 3.70. The Hall–Kier alpha value is -2.20. The predicted molar refractivity (Wildman–Crippen MR) is 60.7 cm³/mol. The quantitative estimate of drug-likeness (QED) is 0.665. The lowest BCUT2D eigenvalue weighted by Crippen LogP contribution is -2.46. The Morgan fingerprint density at radius 3 is 3.06 bits per heavy atom. The minimum atomic E-state index is -0.610. The van der Waals surface area contributed by atoms with Crippen molar-refractivity contribution in [3.8, 4) is 6.07 Å². The second kappa shape index (κ2) is 5.42. The number of anilines is 1. The van der Waals surface area contributed by atoms with Crippen LogP contribution in [0.5, 0.6) is 0 Å². The fourth-order valence-electron chi connectivity index (χ4n) is 1.67. The van der Waals surface area contributed by atoms with Gasteiger partial charge in [0, 0.05) is 6.54 Å². The summed E-state index contributed by atoms with van der Waals surface area (Å²) in [6, 6.07) is 1.90. The van der Waals surface area contributed by atoms with Gasteiger partial charge in [0.2, 0.25) is 0 Å². The molecule has 0 spiro atoms. The molecule has 1 aromatic heterocycles. The number of hydrogen-bond donors (Lipinski definition) is 0. The van der Waals surface area contributed by atoms with Gasteiger partial charge in [-0.3, -0.25) is 0 Å². The van der Waals surface area contributed by atoms with E-state index in [1.54, 1.807) is 0 Å². The number of aromatic nitrogens is 2. The van der Waals surface area contributed by atoms with Gasteiger partial charge in [-0.1, -0.05) is 0 Å². The molecule has 2 rings (SSSR count). The van der Waals surface area contributed by atoms with Gasteiger partial charge in [-0.05, 0) is 0 Å². The third-order valence-electron chi connectivity index (χ3n) is 2.61. The first-order valence-corrected chi connectivity index (χ1v) is 5.41. The summed E-state index contributed by atoms with van der Waals surface area (Å²) in [5.74, 6) is 0.215. The van der Waals surface area contributed by atoms with Crippen LogP contribution in [0.1, 0.15) is 5.69 Å². The maximum Gasteiger partial charge on any atom is 0.336 e. The highest BCUT2D eigenvalue weighted by Crippen LogP contribution is 2.14. The molecule has 0 radical (unpaired) electrons. The number of carbonyl (C=O) groups excluding carboxylic acids is 1. The Bertz CT molecular complexity index is 468.